The smallest absolute Gasteiger partial charge is 0.262 e. The summed E-state index contributed by atoms with van der Waals surface area (Å²) in [4.78, 5) is 12.3. The van der Waals surface area contributed by atoms with Gasteiger partial charge in [-0.1, -0.05) is 31.2 Å². The fraction of sp³-hybridized carbons (Fsp3) is 0.222. The second kappa shape index (κ2) is 8.29. The summed E-state index contributed by atoms with van der Waals surface area (Å²) in [6, 6.07) is 16.5. The van der Waals surface area contributed by atoms with E-state index in [2.05, 4.69) is 17.6 Å². The highest BCUT2D eigenvalue weighted by atomic mass is 32.1. The summed E-state index contributed by atoms with van der Waals surface area (Å²) in [5.74, 6) is 0.342. The number of thiocarbonyl (C=S) groups is 1. The van der Waals surface area contributed by atoms with E-state index in [0.29, 0.717) is 16.5 Å². The lowest BCUT2D eigenvalue weighted by Crippen LogP contribution is -2.34. The van der Waals surface area contributed by atoms with E-state index >= 15 is 0 Å². The predicted molar refractivity (Wildman–Crippen MR) is 97.0 cm³/mol. The number of carbonyl (C=O) groups is 1. The van der Waals surface area contributed by atoms with Crippen molar-refractivity contribution in [1.29, 1.82) is 0 Å². The van der Waals surface area contributed by atoms with Crippen LogP contribution in [0.1, 0.15) is 30.6 Å². The van der Waals surface area contributed by atoms with E-state index in [-0.39, 0.29) is 11.9 Å². The fourth-order valence-electron chi connectivity index (χ4n) is 1.87. The Morgan fingerprint density at radius 3 is 2.61 bits per heavy atom. The zero-order valence-electron chi connectivity index (χ0n) is 13.2. The molecule has 0 spiro atoms. The zero-order valence-corrected chi connectivity index (χ0v) is 14.0. The molecule has 4 nitrogen and oxygen atoms in total. The van der Waals surface area contributed by atoms with Gasteiger partial charge in [-0.3, -0.25) is 4.79 Å². The maximum Gasteiger partial charge on any atom is 0.262 e. The normalized spacial score (nSPS) is 11.4. The van der Waals surface area contributed by atoms with E-state index < -0.39 is 0 Å². The van der Waals surface area contributed by atoms with Crippen molar-refractivity contribution in [2.24, 2.45) is 0 Å². The first-order valence-electron chi connectivity index (χ1n) is 7.53. The maximum atomic E-state index is 12.3. The molecule has 0 bridgehead atoms. The number of amides is 1. The van der Waals surface area contributed by atoms with Gasteiger partial charge in [0, 0.05) is 17.3 Å². The van der Waals surface area contributed by atoms with E-state index in [0.717, 1.165) is 12.1 Å². The van der Waals surface area contributed by atoms with Crippen LogP contribution in [0.3, 0.4) is 0 Å². The summed E-state index contributed by atoms with van der Waals surface area (Å²) in [5.41, 5.74) is 1.26. The summed E-state index contributed by atoms with van der Waals surface area (Å²) in [7, 11) is 0. The summed E-state index contributed by atoms with van der Waals surface area (Å²) >= 11 is 5.16. The lowest BCUT2D eigenvalue weighted by molar-refractivity contribution is 0.102. The lowest BCUT2D eigenvalue weighted by Gasteiger charge is -2.14. The molecular formula is C18H20N2O2S. The van der Waals surface area contributed by atoms with Gasteiger partial charge in [0.1, 0.15) is 5.75 Å². The minimum Gasteiger partial charge on any atom is -0.432 e. The van der Waals surface area contributed by atoms with E-state index in [9.17, 15) is 4.79 Å². The molecule has 2 rings (SSSR count). The number of anilines is 1. The lowest BCUT2D eigenvalue weighted by atomic mass is 10.2. The molecule has 0 heterocycles. The Hall–Kier alpha value is -2.40. The van der Waals surface area contributed by atoms with Gasteiger partial charge >= 0.3 is 0 Å². The average Bonchev–Trinajstić information content (AvgIpc) is 2.55. The van der Waals surface area contributed by atoms with Crippen LogP contribution in [0.25, 0.3) is 0 Å². The molecule has 0 radical (unpaired) electrons. The van der Waals surface area contributed by atoms with Crippen LogP contribution in [-0.2, 0) is 0 Å². The molecule has 0 aromatic heterocycles. The molecule has 0 aliphatic heterocycles. The largest absolute Gasteiger partial charge is 0.432 e. The molecule has 23 heavy (non-hydrogen) atoms. The van der Waals surface area contributed by atoms with E-state index in [1.165, 1.54) is 0 Å². The third-order valence-electron chi connectivity index (χ3n) is 3.32. The van der Waals surface area contributed by atoms with Crippen molar-refractivity contribution in [2.45, 2.75) is 26.3 Å². The van der Waals surface area contributed by atoms with Crippen LogP contribution in [0.5, 0.6) is 5.75 Å². The first kappa shape index (κ1) is 17.0. The Morgan fingerprint density at radius 1 is 1.17 bits per heavy atom. The molecule has 0 unspecified atom stereocenters. The number of rotatable bonds is 5. The van der Waals surface area contributed by atoms with Gasteiger partial charge in [0.25, 0.3) is 11.1 Å². The van der Waals surface area contributed by atoms with Gasteiger partial charge in [-0.15, -0.1) is 0 Å². The first-order valence-corrected chi connectivity index (χ1v) is 7.94. The van der Waals surface area contributed by atoms with E-state index in [1.807, 2.05) is 37.3 Å². The number of para-hydroxylation sites is 1. The van der Waals surface area contributed by atoms with Gasteiger partial charge in [-0.25, -0.2) is 0 Å². The number of nitrogens with one attached hydrogen (secondary N) is 2. The summed E-state index contributed by atoms with van der Waals surface area (Å²) in [6.07, 6.45) is 0.947. The van der Waals surface area contributed by atoms with Crippen molar-refractivity contribution < 1.29 is 9.53 Å². The van der Waals surface area contributed by atoms with Crippen molar-refractivity contribution in [1.82, 2.24) is 5.32 Å². The molecule has 1 atom stereocenters. The number of hydrogen-bond donors (Lipinski definition) is 2. The predicted octanol–water partition coefficient (Wildman–Crippen LogP) is 3.99. The van der Waals surface area contributed by atoms with Gasteiger partial charge in [-0.2, -0.15) is 0 Å². The molecular weight excluding hydrogens is 308 g/mol. The Morgan fingerprint density at radius 2 is 1.91 bits per heavy atom. The van der Waals surface area contributed by atoms with Crippen molar-refractivity contribution in [3.05, 3.63) is 60.2 Å². The van der Waals surface area contributed by atoms with Gasteiger partial charge in [0.05, 0.1) is 0 Å². The highest BCUT2D eigenvalue weighted by Gasteiger charge is 2.09. The van der Waals surface area contributed by atoms with Gasteiger partial charge in [-0.05, 0) is 55.9 Å². The minimum absolute atomic E-state index is 0.192. The molecule has 2 aromatic carbocycles. The van der Waals surface area contributed by atoms with Crippen LogP contribution >= 0.6 is 12.2 Å². The summed E-state index contributed by atoms with van der Waals surface area (Å²) in [5, 5.41) is 6.22. The number of benzene rings is 2. The van der Waals surface area contributed by atoms with Crippen LogP contribution in [-0.4, -0.2) is 17.1 Å². The summed E-state index contributed by atoms with van der Waals surface area (Å²) in [6.45, 7) is 4.09. The quantitative estimate of drug-likeness (QED) is 0.815. The Kier molecular flexibility index (Phi) is 6.11. The van der Waals surface area contributed by atoms with Crippen LogP contribution in [0.4, 0.5) is 5.69 Å². The highest BCUT2D eigenvalue weighted by molar-refractivity contribution is 7.80. The Bertz CT molecular complexity index is 674. The van der Waals surface area contributed by atoms with Crippen molar-refractivity contribution in [3.8, 4) is 5.75 Å². The molecule has 1 amide bonds. The monoisotopic (exact) mass is 328 g/mol. The maximum absolute atomic E-state index is 12.3. The zero-order chi connectivity index (χ0) is 16.7. The van der Waals surface area contributed by atoms with Gasteiger partial charge < -0.3 is 15.4 Å². The Balaban J connectivity index is 2.01. The highest BCUT2D eigenvalue weighted by Crippen LogP contribution is 2.15. The second-order valence-corrected chi connectivity index (χ2v) is 5.56. The summed E-state index contributed by atoms with van der Waals surface area (Å²) < 4.78 is 5.57. The van der Waals surface area contributed by atoms with Crippen molar-refractivity contribution in [3.63, 3.8) is 0 Å². The van der Waals surface area contributed by atoms with Crippen LogP contribution in [0.15, 0.2) is 54.6 Å². The van der Waals surface area contributed by atoms with Crippen molar-refractivity contribution in [2.75, 3.05) is 5.32 Å². The number of hydrogen-bond acceptors (Lipinski definition) is 3. The molecule has 0 aliphatic carbocycles. The average molecular weight is 328 g/mol. The molecule has 5 heteroatoms. The first-order chi connectivity index (χ1) is 11.1. The molecule has 0 aliphatic rings. The van der Waals surface area contributed by atoms with Crippen LogP contribution in [0.2, 0.25) is 0 Å². The minimum atomic E-state index is -0.192. The molecule has 120 valence electrons. The third kappa shape index (κ3) is 5.38. The molecule has 0 saturated carbocycles. The fourth-order valence-corrected chi connectivity index (χ4v) is 2.16. The third-order valence-corrected chi connectivity index (χ3v) is 3.52. The molecule has 0 fully saturated rings. The standard InChI is InChI=1S/C18H20N2O2S/c1-3-13(2)19-18(23)22-16-11-7-8-14(12-16)17(21)20-15-9-5-4-6-10-15/h4-13H,3H2,1-2H3,(H,19,23)(H,20,21)/t13-/m0/s1. The number of ether oxygens (including phenoxy) is 1. The van der Waals surface area contributed by atoms with Crippen LogP contribution < -0.4 is 15.4 Å². The van der Waals surface area contributed by atoms with Gasteiger partial charge in [0.15, 0.2) is 0 Å². The molecule has 2 N–H and O–H groups in total. The van der Waals surface area contributed by atoms with Crippen molar-refractivity contribution >= 4 is 29.0 Å². The molecule has 2 aromatic rings. The van der Waals surface area contributed by atoms with Crippen LogP contribution in [0, 0.1) is 0 Å². The SMILES string of the molecule is CC[C@H](C)NC(=S)Oc1cccc(C(=O)Nc2ccccc2)c1. The van der Waals surface area contributed by atoms with Gasteiger partial charge in [0.2, 0.25) is 0 Å². The molecule has 0 saturated heterocycles. The Labute approximate surface area is 141 Å². The van der Waals surface area contributed by atoms with E-state index in [4.69, 9.17) is 17.0 Å². The van der Waals surface area contributed by atoms with E-state index in [1.54, 1.807) is 24.3 Å². The second-order valence-electron chi connectivity index (χ2n) is 5.19. The topological polar surface area (TPSA) is 50.4 Å². The number of carbonyl (C=O) groups excluding carboxylic acids is 1.